The topological polar surface area (TPSA) is 85.8 Å². The van der Waals surface area contributed by atoms with Crippen molar-refractivity contribution in [2.75, 3.05) is 26.5 Å². The smallest absolute Gasteiger partial charge is 0.341 e. The number of fused-ring (bicyclic) bond motifs is 1. The first-order valence-corrected chi connectivity index (χ1v) is 12.2. The predicted octanol–water partition coefficient (Wildman–Crippen LogP) is 3.69. The molecule has 3 aromatic rings. The number of carbonyl (C=O) groups is 1. The number of sulfonamides is 1. The summed E-state index contributed by atoms with van der Waals surface area (Å²) in [6.07, 6.45) is 3.62. The molecule has 0 amide bonds. The normalized spacial score (nSPS) is 16.0. The minimum atomic E-state index is -3.38. The van der Waals surface area contributed by atoms with Gasteiger partial charge in [-0.1, -0.05) is 12.1 Å². The van der Waals surface area contributed by atoms with Crippen LogP contribution in [0.15, 0.2) is 42.6 Å². The number of aromatic nitrogens is 1. The van der Waals surface area contributed by atoms with Gasteiger partial charge in [0.15, 0.2) is 5.75 Å². The summed E-state index contributed by atoms with van der Waals surface area (Å²) in [5, 5.41) is 0.694. The third kappa shape index (κ3) is 4.84. The van der Waals surface area contributed by atoms with Crippen LogP contribution in [-0.2, 0) is 27.7 Å². The third-order valence-electron chi connectivity index (χ3n) is 5.80. The van der Waals surface area contributed by atoms with Crippen LogP contribution in [0.5, 0.6) is 5.75 Å². The van der Waals surface area contributed by atoms with Gasteiger partial charge in [0.1, 0.15) is 16.9 Å². The molecule has 174 valence electrons. The van der Waals surface area contributed by atoms with Gasteiger partial charge in [0.2, 0.25) is 10.0 Å². The van der Waals surface area contributed by atoms with Crippen LogP contribution in [0.3, 0.4) is 0 Å². The Hall–Kier alpha value is -3.04. The van der Waals surface area contributed by atoms with Gasteiger partial charge in [-0.2, -0.15) is 4.31 Å². The summed E-state index contributed by atoms with van der Waals surface area (Å²) in [7, 11) is -0.651. The summed E-state index contributed by atoms with van der Waals surface area (Å²) in [5.74, 6) is -0.511. The van der Waals surface area contributed by atoms with Gasteiger partial charge in [-0.3, -0.25) is 4.98 Å². The van der Waals surface area contributed by atoms with Crippen LogP contribution in [0.2, 0.25) is 0 Å². The Kier molecular flexibility index (Phi) is 6.62. The standard InChI is InChI=1S/C24H25FN2O5S/c1-31-23-21(24(28)32-2)13-18(15-27-9-3-4-10-33(27,29)30)20-12-17(14-26-22(20)23)11-16-5-7-19(25)8-6-16/h5-8,12-14H,3-4,9-11,15H2,1-2H3. The van der Waals surface area contributed by atoms with Gasteiger partial charge in [-0.05, 0) is 60.2 Å². The number of halogens is 1. The fraction of sp³-hybridized carbons (Fsp3) is 0.333. The van der Waals surface area contributed by atoms with E-state index in [1.807, 2.05) is 6.07 Å². The van der Waals surface area contributed by atoms with E-state index >= 15 is 0 Å². The molecular formula is C24H25FN2O5S. The Morgan fingerprint density at radius 1 is 1.12 bits per heavy atom. The highest BCUT2D eigenvalue weighted by Gasteiger charge is 2.28. The molecule has 33 heavy (non-hydrogen) atoms. The second kappa shape index (κ2) is 9.44. The number of nitrogens with zero attached hydrogens (tertiary/aromatic N) is 2. The number of benzene rings is 2. The lowest BCUT2D eigenvalue weighted by atomic mass is 9.99. The fourth-order valence-corrected chi connectivity index (χ4v) is 5.69. The van der Waals surface area contributed by atoms with E-state index in [1.54, 1.807) is 24.4 Å². The zero-order valence-corrected chi connectivity index (χ0v) is 19.3. The summed E-state index contributed by atoms with van der Waals surface area (Å²) < 4.78 is 50.4. The van der Waals surface area contributed by atoms with Gasteiger partial charge in [-0.15, -0.1) is 0 Å². The van der Waals surface area contributed by atoms with Gasteiger partial charge in [-0.25, -0.2) is 17.6 Å². The number of esters is 1. The first kappa shape index (κ1) is 23.1. The number of hydrogen-bond donors (Lipinski definition) is 0. The molecule has 0 unspecified atom stereocenters. The molecule has 0 bridgehead atoms. The molecule has 0 saturated carbocycles. The Morgan fingerprint density at radius 2 is 1.88 bits per heavy atom. The van der Waals surface area contributed by atoms with E-state index in [0.717, 1.165) is 17.5 Å². The quantitative estimate of drug-likeness (QED) is 0.509. The lowest BCUT2D eigenvalue weighted by molar-refractivity contribution is 0.0597. The van der Waals surface area contributed by atoms with E-state index in [-0.39, 0.29) is 29.4 Å². The van der Waals surface area contributed by atoms with E-state index < -0.39 is 16.0 Å². The Bertz CT molecular complexity index is 1290. The van der Waals surface area contributed by atoms with Crippen molar-refractivity contribution in [2.45, 2.75) is 25.8 Å². The molecule has 2 heterocycles. The minimum absolute atomic E-state index is 0.110. The molecule has 9 heteroatoms. The summed E-state index contributed by atoms with van der Waals surface area (Å²) in [5.41, 5.74) is 3.06. The fourth-order valence-electron chi connectivity index (χ4n) is 4.12. The van der Waals surface area contributed by atoms with Crippen LogP contribution in [0.4, 0.5) is 4.39 Å². The summed E-state index contributed by atoms with van der Waals surface area (Å²) >= 11 is 0. The molecule has 0 N–H and O–H groups in total. The van der Waals surface area contributed by atoms with Gasteiger partial charge in [0, 0.05) is 24.7 Å². The number of rotatable bonds is 6. The molecular weight excluding hydrogens is 447 g/mol. The molecule has 1 fully saturated rings. The van der Waals surface area contributed by atoms with Crippen molar-refractivity contribution in [1.29, 1.82) is 0 Å². The SMILES string of the molecule is COC(=O)c1cc(CN2CCCCS2(=O)=O)c2cc(Cc3ccc(F)cc3)cnc2c1OC. The maximum atomic E-state index is 13.3. The lowest BCUT2D eigenvalue weighted by Gasteiger charge is -2.27. The van der Waals surface area contributed by atoms with E-state index in [9.17, 15) is 17.6 Å². The molecule has 1 aliphatic heterocycles. The van der Waals surface area contributed by atoms with Crippen LogP contribution in [0, 0.1) is 5.82 Å². The third-order valence-corrected chi connectivity index (χ3v) is 7.70. The summed E-state index contributed by atoms with van der Waals surface area (Å²) in [6.45, 7) is 0.542. The van der Waals surface area contributed by atoms with Gasteiger partial charge in [0.25, 0.3) is 0 Å². The zero-order valence-electron chi connectivity index (χ0n) is 18.5. The second-order valence-electron chi connectivity index (χ2n) is 8.01. The number of carbonyl (C=O) groups excluding carboxylic acids is 1. The largest absolute Gasteiger partial charge is 0.494 e. The van der Waals surface area contributed by atoms with Crippen LogP contribution < -0.4 is 4.74 Å². The molecule has 4 rings (SSSR count). The van der Waals surface area contributed by atoms with Crippen molar-refractivity contribution in [2.24, 2.45) is 0 Å². The number of hydrogen-bond acceptors (Lipinski definition) is 6. The van der Waals surface area contributed by atoms with Crippen molar-refractivity contribution in [1.82, 2.24) is 9.29 Å². The molecule has 0 atom stereocenters. The molecule has 1 aromatic heterocycles. The molecule has 0 spiro atoms. The van der Waals surface area contributed by atoms with Gasteiger partial charge >= 0.3 is 5.97 Å². The summed E-state index contributed by atoms with van der Waals surface area (Å²) in [4.78, 5) is 17.0. The zero-order chi connectivity index (χ0) is 23.6. The highest BCUT2D eigenvalue weighted by molar-refractivity contribution is 7.89. The van der Waals surface area contributed by atoms with E-state index in [2.05, 4.69) is 4.98 Å². The van der Waals surface area contributed by atoms with E-state index in [1.165, 1.54) is 30.7 Å². The van der Waals surface area contributed by atoms with Crippen molar-refractivity contribution in [3.8, 4) is 5.75 Å². The average molecular weight is 473 g/mol. The molecule has 0 radical (unpaired) electrons. The van der Waals surface area contributed by atoms with Crippen molar-refractivity contribution < 1.29 is 27.1 Å². The molecule has 0 aliphatic carbocycles. The average Bonchev–Trinajstić information content (AvgIpc) is 2.81. The van der Waals surface area contributed by atoms with Gasteiger partial charge in [0.05, 0.1) is 20.0 Å². The highest BCUT2D eigenvalue weighted by atomic mass is 32.2. The van der Waals surface area contributed by atoms with Crippen LogP contribution in [-0.4, -0.2) is 50.2 Å². The Labute approximate surface area is 192 Å². The molecule has 2 aromatic carbocycles. The Morgan fingerprint density at radius 3 is 2.55 bits per heavy atom. The predicted molar refractivity (Wildman–Crippen MR) is 122 cm³/mol. The maximum absolute atomic E-state index is 13.3. The number of pyridine rings is 1. The first-order valence-electron chi connectivity index (χ1n) is 10.6. The van der Waals surface area contributed by atoms with Crippen LogP contribution in [0.1, 0.15) is 39.9 Å². The monoisotopic (exact) mass is 472 g/mol. The van der Waals surface area contributed by atoms with Gasteiger partial charge < -0.3 is 9.47 Å². The van der Waals surface area contributed by atoms with Crippen LogP contribution >= 0.6 is 0 Å². The van der Waals surface area contributed by atoms with E-state index in [4.69, 9.17) is 9.47 Å². The highest BCUT2D eigenvalue weighted by Crippen LogP contribution is 2.34. The minimum Gasteiger partial charge on any atom is -0.494 e. The van der Waals surface area contributed by atoms with E-state index in [0.29, 0.717) is 35.9 Å². The molecule has 1 saturated heterocycles. The first-order chi connectivity index (χ1) is 15.8. The molecule has 1 aliphatic rings. The lowest BCUT2D eigenvalue weighted by Crippen LogP contribution is -2.37. The van der Waals surface area contributed by atoms with Crippen molar-refractivity contribution in [3.63, 3.8) is 0 Å². The van der Waals surface area contributed by atoms with Crippen molar-refractivity contribution in [3.05, 3.63) is 70.7 Å². The number of ether oxygens (including phenoxy) is 2. The Balaban J connectivity index is 1.84. The second-order valence-corrected chi connectivity index (χ2v) is 10.1. The number of methoxy groups -OCH3 is 2. The van der Waals surface area contributed by atoms with Crippen molar-refractivity contribution >= 4 is 26.9 Å². The summed E-state index contributed by atoms with van der Waals surface area (Å²) in [6, 6.07) is 9.77. The molecule has 7 nitrogen and oxygen atoms in total. The maximum Gasteiger partial charge on any atom is 0.341 e. The van der Waals surface area contributed by atoms with Crippen LogP contribution in [0.25, 0.3) is 10.9 Å².